The molecule has 0 unspecified atom stereocenters. The van der Waals surface area contributed by atoms with Crippen molar-refractivity contribution in [2.45, 2.75) is 19.3 Å². The number of hydrogen-bond donors (Lipinski definition) is 1. The van der Waals surface area contributed by atoms with E-state index in [1.165, 1.54) is 13.2 Å². The number of nitrogens with two attached hydrogens (primary N) is 1. The van der Waals surface area contributed by atoms with E-state index in [2.05, 4.69) is 0 Å². The van der Waals surface area contributed by atoms with Crippen LogP contribution < -0.4 is 15.2 Å². The molecule has 0 saturated carbocycles. The summed E-state index contributed by atoms with van der Waals surface area (Å²) in [5.41, 5.74) is 6.20. The predicted octanol–water partition coefficient (Wildman–Crippen LogP) is 2.12. The first-order valence-electron chi connectivity index (χ1n) is 5.34. The number of benzene rings is 1. The van der Waals surface area contributed by atoms with Gasteiger partial charge in [0.1, 0.15) is 5.75 Å². The number of ether oxygens (including phenoxy) is 2. The first-order valence-corrected chi connectivity index (χ1v) is 5.34. The maximum absolute atomic E-state index is 13.5. The molecule has 0 aliphatic rings. The highest BCUT2D eigenvalue weighted by molar-refractivity contribution is 5.45. The van der Waals surface area contributed by atoms with Gasteiger partial charge in [0.25, 0.3) is 0 Å². The van der Waals surface area contributed by atoms with Crippen LogP contribution in [0.3, 0.4) is 0 Å². The lowest BCUT2D eigenvalue weighted by Gasteiger charge is -2.13. The monoisotopic (exact) mass is 227 g/mol. The molecule has 0 amide bonds. The van der Waals surface area contributed by atoms with Crippen LogP contribution in [0.5, 0.6) is 11.5 Å². The van der Waals surface area contributed by atoms with Crippen LogP contribution in [0.4, 0.5) is 4.39 Å². The summed E-state index contributed by atoms with van der Waals surface area (Å²) in [4.78, 5) is 0. The minimum Gasteiger partial charge on any atom is -0.496 e. The van der Waals surface area contributed by atoms with Gasteiger partial charge in [0.05, 0.1) is 14.2 Å². The third kappa shape index (κ3) is 2.85. The van der Waals surface area contributed by atoms with Gasteiger partial charge in [-0.3, -0.25) is 0 Å². The molecule has 90 valence electrons. The van der Waals surface area contributed by atoms with E-state index >= 15 is 0 Å². The number of hydrogen-bond acceptors (Lipinski definition) is 3. The molecule has 0 radical (unpaired) electrons. The molecular weight excluding hydrogens is 209 g/mol. The van der Waals surface area contributed by atoms with Crippen LogP contribution in [0.2, 0.25) is 0 Å². The molecule has 2 N–H and O–H groups in total. The van der Waals surface area contributed by atoms with Crippen molar-refractivity contribution in [3.63, 3.8) is 0 Å². The fourth-order valence-corrected chi connectivity index (χ4v) is 1.68. The topological polar surface area (TPSA) is 44.5 Å². The van der Waals surface area contributed by atoms with E-state index in [1.54, 1.807) is 13.2 Å². The van der Waals surface area contributed by atoms with Crippen LogP contribution in [0.15, 0.2) is 12.1 Å². The van der Waals surface area contributed by atoms with Gasteiger partial charge >= 0.3 is 0 Å². The van der Waals surface area contributed by atoms with Crippen LogP contribution >= 0.6 is 0 Å². The molecule has 0 fully saturated rings. The number of rotatable bonds is 6. The molecule has 0 atom stereocenters. The molecule has 0 spiro atoms. The molecule has 1 rings (SSSR count). The van der Waals surface area contributed by atoms with Crippen molar-refractivity contribution < 1.29 is 13.9 Å². The highest BCUT2D eigenvalue weighted by Crippen LogP contribution is 2.32. The first kappa shape index (κ1) is 12.8. The lowest BCUT2D eigenvalue weighted by Crippen LogP contribution is -2.02. The van der Waals surface area contributed by atoms with E-state index in [0.717, 1.165) is 18.4 Å². The molecule has 1 aromatic rings. The molecule has 0 aromatic heterocycles. The van der Waals surface area contributed by atoms with E-state index < -0.39 is 0 Å². The summed E-state index contributed by atoms with van der Waals surface area (Å²) < 4.78 is 23.7. The summed E-state index contributed by atoms with van der Waals surface area (Å²) in [6.07, 6.45) is 2.51. The second-order valence-electron chi connectivity index (χ2n) is 3.51. The summed E-state index contributed by atoms with van der Waals surface area (Å²) in [5.74, 6) is 0.581. The third-order valence-corrected chi connectivity index (χ3v) is 2.47. The average Bonchev–Trinajstić information content (AvgIpc) is 2.30. The molecule has 16 heavy (non-hydrogen) atoms. The quantitative estimate of drug-likeness (QED) is 0.757. The van der Waals surface area contributed by atoms with Crippen molar-refractivity contribution in [2.24, 2.45) is 5.73 Å². The lowest BCUT2D eigenvalue weighted by atomic mass is 10.1. The Morgan fingerprint density at radius 3 is 2.50 bits per heavy atom. The Labute approximate surface area is 95.4 Å². The summed E-state index contributed by atoms with van der Waals surface area (Å²) in [5, 5.41) is 0. The van der Waals surface area contributed by atoms with Crippen molar-refractivity contribution in [3.05, 3.63) is 23.5 Å². The van der Waals surface area contributed by atoms with Gasteiger partial charge in [-0.05, 0) is 37.9 Å². The zero-order valence-electron chi connectivity index (χ0n) is 9.75. The summed E-state index contributed by atoms with van der Waals surface area (Å²) >= 11 is 0. The molecular formula is C12H18FNO2. The van der Waals surface area contributed by atoms with Gasteiger partial charge in [-0.25, -0.2) is 4.39 Å². The van der Waals surface area contributed by atoms with E-state index in [4.69, 9.17) is 15.2 Å². The Kier molecular flexibility index (Phi) is 5.05. The standard InChI is InChI=1S/C12H18FNO2/c1-15-11-7-6-10(13)12(16-2)9(11)5-3-4-8-14/h6-7H,3-5,8,14H2,1-2H3. The van der Waals surface area contributed by atoms with Gasteiger partial charge in [0.15, 0.2) is 11.6 Å². The predicted molar refractivity (Wildman–Crippen MR) is 61.5 cm³/mol. The SMILES string of the molecule is COc1ccc(F)c(OC)c1CCCCN. The Hall–Kier alpha value is -1.29. The number of unbranched alkanes of at least 4 members (excludes halogenated alkanes) is 1. The molecule has 0 aliphatic carbocycles. The summed E-state index contributed by atoms with van der Waals surface area (Å²) in [6.45, 7) is 0.639. The van der Waals surface area contributed by atoms with E-state index in [1.807, 2.05) is 0 Å². The van der Waals surface area contributed by atoms with Gasteiger partial charge in [0.2, 0.25) is 0 Å². The van der Waals surface area contributed by atoms with Crippen molar-refractivity contribution in [1.29, 1.82) is 0 Å². The fraction of sp³-hybridized carbons (Fsp3) is 0.500. The van der Waals surface area contributed by atoms with Gasteiger partial charge in [-0.15, -0.1) is 0 Å². The smallest absolute Gasteiger partial charge is 0.165 e. The minimum absolute atomic E-state index is 0.274. The van der Waals surface area contributed by atoms with Crippen molar-refractivity contribution in [3.8, 4) is 11.5 Å². The molecule has 3 nitrogen and oxygen atoms in total. The molecule has 0 aliphatic heterocycles. The van der Waals surface area contributed by atoms with Gasteiger partial charge in [-0.2, -0.15) is 0 Å². The van der Waals surface area contributed by atoms with Gasteiger partial charge in [0, 0.05) is 5.56 Å². The Balaban J connectivity index is 2.95. The number of methoxy groups -OCH3 is 2. The highest BCUT2D eigenvalue weighted by atomic mass is 19.1. The van der Waals surface area contributed by atoms with Gasteiger partial charge < -0.3 is 15.2 Å². The molecule has 1 aromatic carbocycles. The Morgan fingerprint density at radius 2 is 1.94 bits per heavy atom. The van der Waals surface area contributed by atoms with Crippen molar-refractivity contribution in [2.75, 3.05) is 20.8 Å². The second kappa shape index (κ2) is 6.33. The zero-order valence-corrected chi connectivity index (χ0v) is 9.75. The lowest BCUT2D eigenvalue weighted by molar-refractivity contribution is 0.364. The van der Waals surface area contributed by atoms with Crippen molar-refractivity contribution >= 4 is 0 Å². The fourth-order valence-electron chi connectivity index (χ4n) is 1.68. The maximum Gasteiger partial charge on any atom is 0.165 e. The normalized spacial score (nSPS) is 10.2. The van der Waals surface area contributed by atoms with Gasteiger partial charge in [-0.1, -0.05) is 0 Å². The van der Waals surface area contributed by atoms with Crippen molar-refractivity contribution in [1.82, 2.24) is 0 Å². The van der Waals surface area contributed by atoms with E-state index in [-0.39, 0.29) is 11.6 Å². The van der Waals surface area contributed by atoms with E-state index in [9.17, 15) is 4.39 Å². The van der Waals surface area contributed by atoms with Crippen LogP contribution in [0.1, 0.15) is 18.4 Å². The molecule has 4 heteroatoms. The van der Waals surface area contributed by atoms with Crippen LogP contribution in [-0.2, 0) is 6.42 Å². The Bertz CT molecular complexity index is 342. The summed E-state index contributed by atoms with van der Waals surface area (Å²) in [7, 11) is 3.03. The highest BCUT2D eigenvalue weighted by Gasteiger charge is 2.14. The molecule has 0 saturated heterocycles. The summed E-state index contributed by atoms with van der Waals surface area (Å²) in [6, 6.07) is 2.97. The second-order valence-corrected chi connectivity index (χ2v) is 3.51. The van der Waals surface area contributed by atoms with Crippen LogP contribution in [-0.4, -0.2) is 20.8 Å². The molecule has 0 heterocycles. The first-order chi connectivity index (χ1) is 7.74. The zero-order chi connectivity index (χ0) is 12.0. The molecule has 0 bridgehead atoms. The minimum atomic E-state index is -0.356. The Morgan fingerprint density at radius 1 is 1.19 bits per heavy atom. The number of halogens is 1. The largest absolute Gasteiger partial charge is 0.496 e. The van der Waals surface area contributed by atoms with Crippen LogP contribution in [0.25, 0.3) is 0 Å². The maximum atomic E-state index is 13.5. The van der Waals surface area contributed by atoms with E-state index in [0.29, 0.717) is 18.7 Å². The average molecular weight is 227 g/mol. The van der Waals surface area contributed by atoms with Crippen LogP contribution in [0, 0.1) is 5.82 Å². The third-order valence-electron chi connectivity index (χ3n) is 2.47.